The third kappa shape index (κ3) is 3.05. The maximum Gasteiger partial charge on any atom is 0.255 e. The number of halogens is 1. The smallest absolute Gasteiger partial charge is 0.255 e. The zero-order valence-corrected chi connectivity index (χ0v) is 13.4. The third-order valence-electron chi connectivity index (χ3n) is 3.46. The van der Waals surface area contributed by atoms with Crippen LogP contribution in [0.2, 0.25) is 0 Å². The van der Waals surface area contributed by atoms with E-state index in [0.29, 0.717) is 0 Å². The molecule has 1 aromatic rings. The Morgan fingerprint density at radius 1 is 1.44 bits per heavy atom. The number of carbonyl (C=O) groups excluding carboxylic acids is 1. The van der Waals surface area contributed by atoms with E-state index in [9.17, 15) is 4.79 Å². The van der Waals surface area contributed by atoms with E-state index in [1.54, 1.807) is 0 Å². The summed E-state index contributed by atoms with van der Waals surface area (Å²) in [6.45, 7) is 7.17. The van der Waals surface area contributed by atoms with Gasteiger partial charge in [-0.15, -0.1) is 0 Å². The molecule has 0 heterocycles. The molecule has 2 rings (SSSR count). The quantitative estimate of drug-likeness (QED) is 0.750. The zero-order chi connectivity index (χ0) is 13.3. The van der Waals surface area contributed by atoms with Gasteiger partial charge in [0.1, 0.15) is 0 Å². The topological polar surface area (TPSA) is 20.3 Å². The first-order valence-electron chi connectivity index (χ1n) is 6.56. The number of amides is 1. The van der Waals surface area contributed by atoms with E-state index in [2.05, 4.69) is 49.4 Å². The van der Waals surface area contributed by atoms with Gasteiger partial charge in [-0.05, 0) is 73.8 Å². The Hall–Kier alpha value is -0.580. The summed E-state index contributed by atoms with van der Waals surface area (Å²) in [5.41, 5.74) is 2.03. The van der Waals surface area contributed by atoms with Crippen molar-refractivity contribution in [2.45, 2.75) is 39.7 Å². The highest BCUT2D eigenvalue weighted by Crippen LogP contribution is 2.31. The molecule has 0 unspecified atom stereocenters. The highest BCUT2D eigenvalue weighted by atomic mass is 127. The van der Waals surface area contributed by atoms with Crippen LogP contribution in [0.15, 0.2) is 18.2 Å². The van der Waals surface area contributed by atoms with Gasteiger partial charge in [0.05, 0.1) is 5.56 Å². The largest absolute Gasteiger partial charge is 0.336 e. The maximum absolute atomic E-state index is 12.6. The Bertz CT molecular complexity index is 452. The second-order valence-corrected chi connectivity index (χ2v) is 6.51. The molecule has 98 valence electrons. The highest BCUT2D eigenvalue weighted by molar-refractivity contribution is 14.1. The fraction of sp³-hybridized carbons (Fsp3) is 0.533. The van der Waals surface area contributed by atoms with Crippen molar-refractivity contribution in [3.05, 3.63) is 32.9 Å². The Kier molecular flexibility index (Phi) is 4.30. The molecule has 0 aliphatic heterocycles. The molecule has 3 heteroatoms. The molecule has 0 bridgehead atoms. The average molecular weight is 357 g/mol. The van der Waals surface area contributed by atoms with Gasteiger partial charge in [0.2, 0.25) is 0 Å². The van der Waals surface area contributed by atoms with Crippen molar-refractivity contribution in [2.75, 3.05) is 6.54 Å². The van der Waals surface area contributed by atoms with Gasteiger partial charge >= 0.3 is 0 Å². The summed E-state index contributed by atoms with van der Waals surface area (Å²) in [4.78, 5) is 14.7. The fourth-order valence-corrected chi connectivity index (χ4v) is 2.66. The normalized spacial score (nSPS) is 14.9. The Morgan fingerprint density at radius 2 is 2.11 bits per heavy atom. The van der Waals surface area contributed by atoms with E-state index in [4.69, 9.17) is 0 Å². The molecule has 0 spiro atoms. The van der Waals surface area contributed by atoms with Gasteiger partial charge in [0.25, 0.3) is 5.91 Å². The van der Waals surface area contributed by atoms with Crippen molar-refractivity contribution in [1.82, 2.24) is 4.90 Å². The molecular formula is C15H20INO. The summed E-state index contributed by atoms with van der Waals surface area (Å²) in [5.74, 6) is 0.920. The molecule has 0 saturated heterocycles. The van der Waals surface area contributed by atoms with E-state index in [-0.39, 0.29) is 11.9 Å². The average Bonchev–Trinajstić information content (AvgIpc) is 3.12. The Morgan fingerprint density at radius 3 is 2.67 bits per heavy atom. The molecular weight excluding hydrogens is 337 g/mol. The fourth-order valence-electron chi connectivity index (χ4n) is 2.07. The Labute approximate surface area is 123 Å². The molecule has 0 aromatic heterocycles. The molecule has 1 amide bonds. The molecule has 1 aromatic carbocycles. The van der Waals surface area contributed by atoms with Gasteiger partial charge in [0, 0.05) is 16.2 Å². The van der Waals surface area contributed by atoms with Gasteiger partial charge in [-0.3, -0.25) is 4.79 Å². The van der Waals surface area contributed by atoms with Crippen LogP contribution in [0.3, 0.4) is 0 Å². The molecule has 18 heavy (non-hydrogen) atoms. The first kappa shape index (κ1) is 13.8. The van der Waals surface area contributed by atoms with Crippen LogP contribution in [-0.4, -0.2) is 23.4 Å². The number of benzene rings is 1. The van der Waals surface area contributed by atoms with Crippen LogP contribution in [0.4, 0.5) is 0 Å². The van der Waals surface area contributed by atoms with Crippen molar-refractivity contribution in [3.8, 4) is 0 Å². The van der Waals surface area contributed by atoms with Crippen LogP contribution in [0, 0.1) is 16.4 Å². The predicted molar refractivity (Wildman–Crippen MR) is 82.8 cm³/mol. The summed E-state index contributed by atoms with van der Waals surface area (Å²) in [6, 6.07) is 6.24. The number of hydrogen-bond acceptors (Lipinski definition) is 1. The number of aryl methyl sites for hydroxylation is 1. The van der Waals surface area contributed by atoms with Crippen LogP contribution in [0.1, 0.15) is 42.6 Å². The van der Waals surface area contributed by atoms with Crippen molar-refractivity contribution in [3.63, 3.8) is 0 Å². The lowest BCUT2D eigenvalue weighted by atomic mass is 10.1. The second kappa shape index (κ2) is 5.59. The van der Waals surface area contributed by atoms with Crippen LogP contribution < -0.4 is 0 Å². The zero-order valence-electron chi connectivity index (χ0n) is 11.2. The van der Waals surface area contributed by atoms with Gasteiger partial charge in [-0.25, -0.2) is 0 Å². The first-order chi connectivity index (χ1) is 8.50. The van der Waals surface area contributed by atoms with Crippen molar-refractivity contribution in [2.24, 2.45) is 5.92 Å². The number of carbonyl (C=O) groups is 1. The minimum Gasteiger partial charge on any atom is -0.336 e. The number of rotatable bonds is 4. The summed E-state index contributed by atoms with van der Waals surface area (Å²) in [7, 11) is 0. The third-order valence-corrected chi connectivity index (χ3v) is 4.89. The lowest BCUT2D eigenvalue weighted by Crippen LogP contribution is -2.38. The lowest BCUT2D eigenvalue weighted by Gasteiger charge is -2.27. The molecule has 2 nitrogen and oxygen atoms in total. The highest BCUT2D eigenvalue weighted by Gasteiger charge is 2.29. The monoisotopic (exact) mass is 357 g/mol. The summed E-state index contributed by atoms with van der Waals surface area (Å²) in [5, 5.41) is 0. The molecule has 1 saturated carbocycles. The molecule has 0 atom stereocenters. The van der Waals surface area contributed by atoms with Crippen LogP contribution in [0.25, 0.3) is 0 Å². The first-order valence-corrected chi connectivity index (χ1v) is 7.64. The summed E-state index contributed by atoms with van der Waals surface area (Å²) in [6.07, 6.45) is 2.56. The van der Waals surface area contributed by atoms with Gasteiger partial charge in [0.15, 0.2) is 0 Å². The SMILES string of the molecule is Cc1cccc(C(=O)N(CC2CC2)C(C)C)c1I. The van der Waals surface area contributed by atoms with Gasteiger partial charge in [-0.2, -0.15) is 0 Å². The molecule has 0 radical (unpaired) electrons. The molecule has 1 aliphatic rings. The van der Waals surface area contributed by atoms with Gasteiger partial charge < -0.3 is 4.90 Å². The number of hydrogen-bond donors (Lipinski definition) is 0. The Balaban J connectivity index is 2.23. The van der Waals surface area contributed by atoms with Crippen LogP contribution in [-0.2, 0) is 0 Å². The predicted octanol–water partition coefficient (Wildman–Crippen LogP) is 3.86. The molecule has 1 fully saturated rings. The van der Waals surface area contributed by atoms with Crippen molar-refractivity contribution in [1.29, 1.82) is 0 Å². The van der Waals surface area contributed by atoms with Gasteiger partial charge in [-0.1, -0.05) is 12.1 Å². The van der Waals surface area contributed by atoms with Crippen molar-refractivity contribution < 1.29 is 4.79 Å². The number of nitrogens with zero attached hydrogens (tertiary/aromatic N) is 1. The van der Waals surface area contributed by atoms with Crippen LogP contribution >= 0.6 is 22.6 Å². The van der Waals surface area contributed by atoms with Crippen molar-refractivity contribution >= 4 is 28.5 Å². The summed E-state index contributed by atoms with van der Waals surface area (Å²) < 4.78 is 1.08. The van der Waals surface area contributed by atoms with E-state index in [1.807, 2.05) is 17.0 Å². The molecule has 1 aliphatic carbocycles. The molecule has 0 N–H and O–H groups in total. The van der Waals surface area contributed by atoms with E-state index >= 15 is 0 Å². The maximum atomic E-state index is 12.6. The second-order valence-electron chi connectivity index (χ2n) is 5.43. The van der Waals surface area contributed by atoms with E-state index < -0.39 is 0 Å². The minimum absolute atomic E-state index is 0.185. The minimum atomic E-state index is 0.185. The summed E-state index contributed by atoms with van der Waals surface area (Å²) >= 11 is 2.28. The standard InChI is InChI=1S/C15H20INO/c1-10(2)17(9-12-7-8-12)15(18)13-6-4-5-11(3)14(13)16/h4-6,10,12H,7-9H2,1-3H3. The lowest BCUT2D eigenvalue weighted by molar-refractivity contribution is 0.0695. The van der Waals surface area contributed by atoms with Crippen LogP contribution in [0.5, 0.6) is 0 Å². The van der Waals surface area contributed by atoms with E-state index in [0.717, 1.165) is 21.6 Å². The van der Waals surface area contributed by atoms with E-state index in [1.165, 1.54) is 18.4 Å².